The zero-order valence-corrected chi connectivity index (χ0v) is 18.5. The van der Waals surface area contributed by atoms with Crippen LogP contribution in [0.5, 0.6) is 0 Å². The van der Waals surface area contributed by atoms with Gasteiger partial charge in [-0.2, -0.15) is 5.10 Å². The number of likely N-dealkylation sites (tertiary alicyclic amines) is 1. The van der Waals surface area contributed by atoms with E-state index < -0.39 is 5.60 Å². The smallest absolute Gasteiger partial charge is 0.410 e. The number of aromatic nitrogens is 2. The van der Waals surface area contributed by atoms with E-state index in [1.54, 1.807) is 0 Å². The van der Waals surface area contributed by atoms with Gasteiger partial charge in [-0.05, 0) is 67.5 Å². The average Bonchev–Trinajstić information content (AvgIpc) is 3.20. The number of fused-ring (bicyclic) bond motifs is 1. The van der Waals surface area contributed by atoms with E-state index in [1.165, 1.54) is 0 Å². The largest absolute Gasteiger partial charge is 0.444 e. The third kappa shape index (κ3) is 5.07. The van der Waals surface area contributed by atoms with Crippen LogP contribution in [-0.2, 0) is 17.9 Å². The number of ether oxygens (including phenoxy) is 1. The van der Waals surface area contributed by atoms with Gasteiger partial charge in [0, 0.05) is 31.4 Å². The lowest BCUT2D eigenvalue weighted by Gasteiger charge is -2.33. The molecule has 1 fully saturated rings. The lowest BCUT2D eigenvalue weighted by Crippen LogP contribution is -2.42. The van der Waals surface area contributed by atoms with Gasteiger partial charge >= 0.3 is 6.09 Å². The van der Waals surface area contributed by atoms with Crippen molar-refractivity contribution in [3.8, 4) is 11.1 Å². The Kier molecular flexibility index (Phi) is 6.01. The molecule has 1 N–H and O–H groups in total. The summed E-state index contributed by atoms with van der Waals surface area (Å²) in [5.41, 5.74) is 2.69. The van der Waals surface area contributed by atoms with Gasteiger partial charge in [0.05, 0.1) is 12.8 Å². The monoisotopic (exact) mass is 421 g/mol. The highest BCUT2D eigenvalue weighted by Gasteiger charge is 2.27. The first-order valence-electron chi connectivity index (χ1n) is 11.0. The predicted octanol–water partition coefficient (Wildman–Crippen LogP) is 4.84. The molecule has 1 saturated heterocycles. The predicted molar refractivity (Wildman–Crippen MR) is 122 cm³/mol. The Hall–Kier alpha value is -2.86. The Morgan fingerprint density at radius 2 is 1.97 bits per heavy atom. The number of carbonyl (C=O) groups excluding carboxylic acids is 1. The zero-order chi connectivity index (χ0) is 22.0. The molecule has 0 bridgehead atoms. The maximum absolute atomic E-state index is 12.3. The van der Waals surface area contributed by atoms with E-state index in [2.05, 4.69) is 29.5 Å². The fourth-order valence-corrected chi connectivity index (χ4v) is 4.17. The Balaban J connectivity index is 1.41. The van der Waals surface area contributed by atoms with Crippen molar-refractivity contribution in [1.82, 2.24) is 14.7 Å². The number of nitrogens with zero attached hydrogens (tertiary/aromatic N) is 3. The number of aliphatic hydroxyl groups excluding tert-OH is 1. The van der Waals surface area contributed by atoms with Gasteiger partial charge < -0.3 is 14.7 Å². The molecule has 1 aliphatic rings. The van der Waals surface area contributed by atoms with Crippen LogP contribution in [-0.4, -0.2) is 44.6 Å². The van der Waals surface area contributed by atoms with Crippen molar-refractivity contribution in [2.45, 2.75) is 52.4 Å². The molecule has 6 nitrogen and oxygen atoms in total. The average molecular weight is 422 g/mol. The molecule has 2 aromatic carbocycles. The molecule has 6 heteroatoms. The highest BCUT2D eigenvalue weighted by Crippen LogP contribution is 2.30. The molecule has 164 valence electrons. The fraction of sp³-hybridized carbons (Fsp3) is 0.440. The minimum atomic E-state index is -0.458. The number of hydrogen-bond acceptors (Lipinski definition) is 4. The second-order valence-corrected chi connectivity index (χ2v) is 9.38. The molecular weight excluding hydrogens is 390 g/mol. The highest BCUT2D eigenvalue weighted by atomic mass is 16.6. The molecule has 3 aromatic rings. The summed E-state index contributed by atoms with van der Waals surface area (Å²) in [7, 11) is 0. The molecule has 0 spiro atoms. The minimum Gasteiger partial charge on any atom is -0.444 e. The molecular formula is C25H31N3O3. The van der Waals surface area contributed by atoms with Crippen LogP contribution in [0.25, 0.3) is 21.9 Å². The Morgan fingerprint density at radius 3 is 2.68 bits per heavy atom. The number of hydrogen-bond donors (Lipinski definition) is 1. The van der Waals surface area contributed by atoms with Gasteiger partial charge in [-0.3, -0.25) is 4.68 Å². The topological polar surface area (TPSA) is 67.6 Å². The van der Waals surface area contributed by atoms with Crippen molar-refractivity contribution >= 4 is 16.9 Å². The fourth-order valence-electron chi connectivity index (χ4n) is 4.17. The Morgan fingerprint density at radius 1 is 1.19 bits per heavy atom. The molecule has 4 rings (SSSR count). The first kappa shape index (κ1) is 21.4. The quantitative estimate of drug-likeness (QED) is 0.654. The second-order valence-electron chi connectivity index (χ2n) is 9.38. The van der Waals surface area contributed by atoms with Crippen LogP contribution in [0.15, 0.2) is 48.8 Å². The van der Waals surface area contributed by atoms with Crippen molar-refractivity contribution < 1.29 is 14.6 Å². The van der Waals surface area contributed by atoms with Gasteiger partial charge in [0.1, 0.15) is 5.60 Å². The third-order valence-electron chi connectivity index (χ3n) is 5.78. The number of benzene rings is 2. The van der Waals surface area contributed by atoms with Crippen LogP contribution in [0, 0.1) is 5.92 Å². The lowest BCUT2D eigenvalue weighted by molar-refractivity contribution is 0.0177. The van der Waals surface area contributed by atoms with E-state index >= 15 is 0 Å². The SMILES string of the molecule is CC(C)(C)OC(=O)N1CCC(Cn2cc(-c3cccc4cc(CO)ccc34)cn2)CC1. The van der Waals surface area contributed by atoms with E-state index in [4.69, 9.17) is 4.74 Å². The minimum absolute atomic E-state index is 0.0465. The maximum Gasteiger partial charge on any atom is 0.410 e. The Bertz CT molecular complexity index is 1060. The summed E-state index contributed by atoms with van der Waals surface area (Å²) in [6.45, 7) is 8.04. The van der Waals surface area contributed by atoms with E-state index in [0.29, 0.717) is 5.92 Å². The van der Waals surface area contributed by atoms with Crippen molar-refractivity contribution in [3.05, 3.63) is 54.4 Å². The van der Waals surface area contributed by atoms with Gasteiger partial charge in [0.25, 0.3) is 0 Å². The first-order valence-corrected chi connectivity index (χ1v) is 11.0. The van der Waals surface area contributed by atoms with E-state index in [-0.39, 0.29) is 12.7 Å². The van der Waals surface area contributed by atoms with Crippen LogP contribution in [0.4, 0.5) is 4.79 Å². The molecule has 0 radical (unpaired) electrons. The van der Waals surface area contributed by atoms with Gasteiger partial charge in [-0.1, -0.05) is 30.3 Å². The molecule has 0 aliphatic carbocycles. The molecule has 0 unspecified atom stereocenters. The summed E-state index contributed by atoms with van der Waals surface area (Å²) in [5, 5.41) is 16.3. The molecule has 2 heterocycles. The summed E-state index contributed by atoms with van der Waals surface area (Å²) in [5.74, 6) is 0.492. The highest BCUT2D eigenvalue weighted by molar-refractivity contribution is 5.96. The summed E-state index contributed by atoms with van der Waals surface area (Å²) >= 11 is 0. The third-order valence-corrected chi connectivity index (χ3v) is 5.78. The summed E-state index contributed by atoms with van der Waals surface area (Å²) in [6.07, 6.45) is 5.71. The Labute approximate surface area is 183 Å². The normalized spacial score (nSPS) is 15.4. The summed E-state index contributed by atoms with van der Waals surface area (Å²) < 4.78 is 7.51. The molecule has 1 aromatic heterocycles. The van der Waals surface area contributed by atoms with E-state index in [9.17, 15) is 9.90 Å². The number of amides is 1. The second kappa shape index (κ2) is 8.71. The molecule has 0 atom stereocenters. The van der Waals surface area contributed by atoms with E-state index in [0.717, 1.165) is 59.9 Å². The molecule has 0 saturated carbocycles. The van der Waals surface area contributed by atoms with Crippen LogP contribution in [0.3, 0.4) is 0 Å². The maximum atomic E-state index is 12.3. The van der Waals surface area contributed by atoms with Gasteiger partial charge in [0.2, 0.25) is 0 Å². The molecule has 1 aliphatic heterocycles. The van der Waals surface area contributed by atoms with Crippen molar-refractivity contribution in [2.24, 2.45) is 5.92 Å². The molecule has 31 heavy (non-hydrogen) atoms. The van der Waals surface area contributed by atoms with E-state index in [1.807, 2.05) is 54.7 Å². The van der Waals surface area contributed by atoms with Crippen LogP contribution in [0.1, 0.15) is 39.2 Å². The van der Waals surface area contributed by atoms with Crippen molar-refractivity contribution in [2.75, 3.05) is 13.1 Å². The summed E-state index contributed by atoms with van der Waals surface area (Å²) in [4.78, 5) is 14.1. The number of piperidine rings is 1. The zero-order valence-electron chi connectivity index (χ0n) is 18.5. The number of carbonyl (C=O) groups is 1. The van der Waals surface area contributed by atoms with Crippen LogP contribution >= 0.6 is 0 Å². The number of aliphatic hydroxyl groups is 1. The lowest BCUT2D eigenvalue weighted by atomic mass is 9.97. The molecule has 1 amide bonds. The van der Waals surface area contributed by atoms with Crippen molar-refractivity contribution in [1.29, 1.82) is 0 Å². The number of rotatable bonds is 4. The standard InChI is InChI=1S/C25H31N3O3/c1-25(2,3)31-24(30)27-11-9-18(10-12-27)15-28-16-21(14-26-28)22-6-4-5-20-13-19(17-29)7-8-23(20)22/h4-8,13-14,16,18,29H,9-12,15,17H2,1-3H3. The first-order chi connectivity index (χ1) is 14.8. The van der Waals surface area contributed by atoms with Gasteiger partial charge in [-0.15, -0.1) is 0 Å². The van der Waals surface area contributed by atoms with Gasteiger partial charge in [0.15, 0.2) is 0 Å². The van der Waals surface area contributed by atoms with Gasteiger partial charge in [-0.25, -0.2) is 4.79 Å². The summed E-state index contributed by atoms with van der Waals surface area (Å²) in [6, 6.07) is 12.3. The van der Waals surface area contributed by atoms with Crippen LogP contribution in [0.2, 0.25) is 0 Å². The van der Waals surface area contributed by atoms with Crippen molar-refractivity contribution in [3.63, 3.8) is 0 Å². The van der Waals surface area contributed by atoms with Crippen LogP contribution < -0.4 is 0 Å².